The number of ether oxygens (including phenoxy) is 1. The monoisotopic (exact) mass is 291 g/mol. The fraction of sp³-hybridized carbons (Fsp3) is 0.611. The van der Waals surface area contributed by atoms with Crippen molar-refractivity contribution in [3.05, 3.63) is 30.3 Å². The third kappa shape index (κ3) is 8.38. The Hall–Kier alpha value is -1.51. The van der Waals surface area contributed by atoms with Crippen LogP contribution in [0, 0.1) is 5.41 Å². The van der Waals surface area contributed by atoms with E-state index in [2.05, 4.69) is 39.9 Å². The highest BCUT2D eigenvalue weighted by molar-refractivity contribution is 5.76. The molecule has 3 nitrogen and oxygen atoms in total. The molecule has 0 aromatic heterocycles. The average Bonchev–Trinajstić information content (AvgIpc) is 2.32. The highest BCUT2D eigenvalue weighted by Gasteiger charge is 2.26. The molecule has 1 rings (SSSR count). The second-order valence-electron chi connectivity index (χ2n) is 7.43. The normalized spacial score (nSPS) is 12.0. The van der Waals surface area contributed by atoms with Gasteiger partial charge in [0.25, 0.3) is 0 Å². The second-order valence-corrected chi connectivity index (χ2v) is 7.43. The summed E-state index contributed by atoms with van der Waals surface area (Å²) < 4.78 is 5.59. The molecule has 0 heterocycles. The summed E-state index contributed by atoms with van der Waals surface area (Å²) >= 11 is 0. The smallest absolute Gasteiger partial charge is 0.220 e. The van der Waals surface area contributed by atoms with E-state index in [9.17, 15) is 4.79 Å². The first-order chi connectivity index (χ1) is 9.68. The summed E-state index contributed by atoms with van der Waals surface area (Å²) in [5.41, 5.74) is 0.0306. The van der Waals surface area contributed by atoms with Crippen LogP contribution >= 0.6 is 0 Å². The molecular weight excluding hydrogens is 262 g/mol. The Morgan fingerprint density at radius 3 is 2.29 bits per heavy atom. The zero-order valence-corrected chi connectivity index (χ0v) is 14.0. The van der Waals surface area contributed by atoms with E-state index in [-0.39, 0.29) is 16.9 Å². The maximum absolute atomic E-state index is 12.0. The molecule has 3 heteroatoms. The van der Waals surface area contributed by atoms with Crippen LogP contribution in [0.25, 0.3) is 0 Å². The fourth-order valence-corrected chi connectivity index (χ4v) is 2.75. The molecule has 0 spiro atoms. The van der Waals surface area contributed by atoms with Gasteiger partial charge in [0.2, 0.25) is 5.91 Å². The van der Waals surface area contributed by atoms with Crippen LogP contribution in [0.1, 0.15) is 53.9 Å². The summed E-state index contributed by atoms with van der Waals surface area (Å²) in [6.07, 6.45) is 2.18. The minimum atomic E-state index is -0.171. The molecule has 1 aromatic rings. The van der Waals surface area contributed by atoms with Gasteiger partial charge in [-0.1, -0.05) is 39.0 Å². The van der Waals surface area contributed by atoms with Crippen molar-refractivity contribution in [1.29, 1.82) is 0 Å². The number of benzene rings is 1. The maximum Gasteiger partial charge on any atom is 0.220 e. The highest BCUT2D eigenvalue weighted by Crippen LogP contribution is 2.26. The predicted octanol–water partition coefficient (Wildman–Crippen LogP) is 4.18. The first-order valence-electron chi connectivity index (χ1n) is 7.67. The van der Waals surface area contributed by atoms with Crippen LogP contribution in [0.4, 0.5) is 0 Å². The van der Waals surface area contributed by atoms with Gasteiger partial charge in [-0.15, -0.1) is 0 Å². The number of para-hydroxylation sites is 1. The SMILES string of the molecule is CC(C)(C)CC(C)(C)NC(=O)CCCOc1ccccc1. The molecule has 0 aliphatic carbocycles. The van der Waals surface area contributed by atoms with E-state index >= 15 is 0 Å². The van der Waals surface area contributed by atoms with Crippen LogP contribution in [0.5, 0.6) is 5.75 Å². The summed E-state index contributed by atoms with van der Waals surface area (Å²) in [5.74, 6) is 0.951. The van der Waals surface area contributed by atoms with Gasteiger partial charge in [-0.3, -0.25) is 4.79 Å². The molecule has 0 bridgehead atoms. The number of hydrogen-bond donors (Lipinski definition) is 1. The lowest BCUT2D eigenvalue weighted by atomic mass is 9.82. The van der Waals surface area contributed by atoms with E-state index in [0.29, 0.717) is 13.0 Å². The Labute approximate surface area is 129 Å². The molecule has 0 saturated heterocycles. The lowest BCUT2D eigenvalue weighted by molar-refractivity contribution is -0.123. The van der Waals surface area contributed by atoms with Crippen molar-refractivity contribution in [3.63, 3.8) is 0 Å². The maximum atomic E-state index is 12.0. The van der Waals surface area contributed by atoms with Crippen molar-refractivity contribution in [1.82, 2.24) is 5.32 Å². The van der Waals surface area contributed by atoms with Gasteiger partial charge < -0.3 is 10.1 Å². The largest absolute Gasteiger partial charge is 0.494 e. The van der Waals surface area contributed by atoms with Crippen molar-refractivity contribution in [2.45, 2.75) is 59.4 Å². The lowest BCUT2D eigenvalue weighted by Crippen LogP contribution is -2.45. The number of hydrogen-bond acceptors (Lipinski definition) is 2. The van der Waals surface area contributed by atoms with Crippen LogP contribution in [0.3, 0.4) is 0 Å². The van der Waals surface area contributed by atoms with E-state index in [1.807, 2.05) is 30.3 Å². The van der Waals surface area contributed by atoms with E-state index in [1.165, 1.54) is 0 Å². The molecule has 0 unspecified atom stereocenters. The zero-order chi connectivity index (χ0) is 15.9. The summed E-state index contributed by atoms with van der Waals surface area (Å²) in [4.78, 5) is 12.0. The molecular formula is C18H29NO2. The van der Waals surface area contributed by atoms with Crippen LogP contribution in [0.2, 0.25) is 0 Å². The first kappa shape index (κ1) is 17.5. The summed E-state index contributed by atoms with van der Waals surface area (Å²) in [6.45, 7) is 11.3. The Morgan fingerprint density at radius 1 is 1.10 bits per heavy atom. The van der Waals surface area contributed by atoms with Gasteiger partial charge in [0.05, 0.1) is 6.61 Å². The standard InChI is InChI=1S/C18H29NO2/c1-17(2,3)14-18(4,5)19-16(20)12-9-13-21-15-10-7-6-8-11-15/h6-8,10-11H,9,12-14H2,1-5H3,(H,19,20). The summed E-state index contributed by atoms with van der Waals surface area (Å²) in [6, 6.07) is 9.69. The van der Waals surface area contributed by atoms with Crippen LogP contribution in [-0.2, 0) is 4.79 Å². The van der Waals surface area contributed by atoms with Gasteiger partial charge in [0.1, 0.15) is 5.75 Å². The van der Waals surface area contributed by atoms with E-state index in [4.69, 9.17) is 4.74 Å². The Kier molecular flexibility index (Phi) is 6.25. The molecule has 21 heavy (non-hydrogen) atoms. The van der Waals surface area contributed by atoms with E-state index in [1.54, 1.807) is 0 Å². The first-order valence-corrected chi connectivity index (χ1v) is 7.67. The van der Waals surface area contributed by atoms with Crippen molar-refractivity contribution in [3.8, 4) is 5.75 Å². The number of carbonyl (C=O) groups excluding carboxylic acids is 1. The molecule has 0 aliphatic rings. The molecule has 118 valence electrons. The van der Waals surface area contributed by atoms with Gasteiger partial charge in [-0.2, -0.15) is 0 Å². The summed E-state index contributed by atoms with van der Waals surface area (Å²) in [7, 11) is 0. The molecule has 0 radical (unpaired) electrons. The van der Waals surface area contributed by atoms with Gasteiger partial charge in [0, 0.05) is 12.0 Å². The predicted molar refractivity (Wildman–Crippen MR) is 87.5 cm³/mol. The number of amides is 1. The van der Waals surface area contributed by atoms with Gasteiger partial charge in [0.15, 0.2) is 0 Å². The third-order valence-corrected chi connectivity index (χ3v) is 3.01. The minimum absolute atomic E-state index is 0.0981. The van der Waals surface area contributed by atoms with Crippen molar-refractivity contribution in [2.24, 2.45) is 5.41 Å². The second kappa shape index (κ2) is 7.48. The highest BCUT2D eigenvalue weighted by atomic mass is 16.5. The van der Waals surface area contributed by atoms with Crippen LogP contribution in [-0.4, -0.2) is 18.1 Å². The number of nitrogens with one attached hydrogen (secondary N) is 1. The molecule has 0 saturated carbocycles. The topological polar surface area (TPSA) is 38.3 Å². The van der Waals surface area contributed by atoms with E-state index in [0.717, 1.165) is 18.6 Å². The molecule has 0 atom stereocenters. The minimum Gasteiger partial charge on any atom is -0.494 e. The molecule has 0 fully saturated rings. The Balaban J connectivity index is 2.25. The lowest BCUT2D eigenvalue weighted by Gasteiger charge is -2.33. The quantitative estimate of drug-likeness (QED) is 0.765. The Morgan fingerprint density at radius 2 is 1.71 bits per heavy atom. The number of rotatable bonds is 7. The number of carbonyl (C=O) groups is 1. The van der Waals surface area contributed by atoms with Crippen LogP contribution < -0.4 is 10.1 Å². The van der Waals surface area contributed by atoms with Crippen molar-refractivity contribution < 1.29 is 9.53 Å². The fourth-order valence-electron chi connectivity index (χ4n) is 2.75. The van der Waals surface area contributed by atoms with Crippen molar-refractivity contribution in [2.75, 3.05) is 6.61 Å². The van der Waals surface area contributed by atoms with E-state index < -0.39 is 0 Å². The van der Waals surface area contributed by atoms with Crippen LogP contribution in [0.15, 0.2) is 30.3 Å². The zero-order valence-electron chi connectivity index (χ0n) is 14.0. The molecule has 1 amide bonds. The Bertz CT molecular complexity index is 432. The van der Waals surface area contributed by atoms with Gasteiger partial charge in [-0.05, 0) is 44.2 Å². The van der Waals surface area contributed by atoms with Gasteiger partial charge >= 0.3 is 0 Å². The summed E-state index contributed by atoms with van der Waals surface area (Å²) in [5, 5.41) is 3.12. The molecule has 1 N–H and O–H groups in total. The van der Waals surface area contributed by atoms with Crippen molar-refractivity contribution >= 4 is 5.91 Å². The molecule has 1 aromatic carbocycles. The van der Waals surface area contributed by atoms with Gasteiger partial charge in [-0.25, -0.2) is 0 Å². The average molecular weight is 291 g/mol. The molecule has 0 aliphatic heterocycles. The third-order valence-electron chi connectivity index (χ3n) is 3.01.